The molecule has 0 saturated heterocycles. The molecule has 6 heteroatoms. The minimum atomic E-state index is -0.772. The van der Waals surface area contributed by atoms with Gasteiger partial charge in [-0.1, -0.05) is 257 Å². The first-order valence-corrected chi connectivity index (χ1v) is 27.3. The monoisotopic (exact) mass is 873 g/mol. The van der Waals surface area contributed by atoms with Gasteiger partial charge in [0.1, 0.15) is 13.2 Å². The molecule has 0 radical (unpaired) electrons. The van der Waals surface area contributed by atoms with Crippen LogP contribution in [-0.4, -0.2) is 37.2 Å². The predicted molar refractivity (Wildman–Crippen MR) is 266 cm³/mol. The lowest BCUT2D eigenvalue weighted by atomic mass is 10.0. The Bertz CT molecular complexity index is 1000. The first-order valence-electron chi connectivity index (χ1n) is 27.3. The van der Waals surface area contributed by atoms with E-state index in [0.29, 0.717) is 19.3 Å². The maximum Gasteiger partial charge on any atom is 0.306 e. The zero-order valence-corrected chi connectivity index (χ0v) is 41.7. The van der Waals surface area contributed by atoms with E-state index in [1.165, 1.54) is 167 Å². The van der Waals surface area contributed by atoms with Crippen LogP contribution in [0.25, 0.3) is 0 Å². The highest BCUT2D eigenvalue weighted by atomic mass is 16.6. The molecule has 0 aliphatic heterocycles. The van der Waals surface area contributed by atoms with Gasteiger partial charge in [0.05, 0.1) is 0 Å². The maximum atomic E-state index is 12.8. The van der Waals surface area contributed by atoms with Gasteiger partial charge in [-0.2, -0.15) is 0 Å². The van der Waals surface area contributed by atoms with Crippen molar-refractivity contribution >= 4 is 17.9 Å². The topological polar surface area (TPSA) is 78.9 Å². The Labute approximate surface area is 385 Å². The fraction of sp³-hybridized carbons (Fsp3) is 0.875. The van der Waals surface area contributed by atoms with Crippen LogP contribution in [0.2, 0.25) is 0 Å². The molecule has 0 aromatic rings. The molecule has 0 aliphatic carbocycles. The normalized spacial score (nSPS) is 12.1. The van der Waals surface area contributed by atoms with Gasteiger partial charge in [0, 0.05) is 19.3 Å². The van der Waals surface area contributed by atoms with E-state index in [-0.39, 0.29) is 31.1 Å². The number of allylic oxidation sites excluding steroid dienone is 4. The van der Waals surface area contributed by atoms with Crippen molar-refractivity contribution in [1.82, 2.24) is 0 Å². The van der Waals surface area contributed by atoms with Crippen molar-refractivity contribution in [2.75, 3.05) is 13.2 Å². The Kier molecular flexibility index (Phi) is 49.8. The molecule has 6 nitrogen and oxygen atoms in total. The first kappa shape index (κ1) is 59.9. The van der Waals surface area contributed by atoms with Crippen molar-refractivity contribution in [3.05, 3.63) is 24.3 Å². The summed E-state index contributed by atoms with van der Waals surface area (Å²) in [4.78, 5) is 37.9. The SMILES string of the molecule is CCC/C=C\C/C=C\CCCCCCCC(=O)OC(COC(=O)CCCCCCCCCCCC)COC(=O)CCCCCCCCCCCCCCCCCCCCCCC. The van der Waals surface area contributed by atoms with Gasteiger partial charge < -0.3 is 14.2 Å². The molecule has 364 valence electrons. The molecular weight excluding hydrogens is 769 g/mol. The average Bonchev–Trinajstić information content (AvgIpc) is 3.27. The summed E-state index contributed by atoms with van der Waals surface area (Å²) in [5.41, 5.74) is 0. The third kappa shape index (κ3) is 48.9. The van der Waals surface area contributed by atoms with Gasteiger partial charge in [-0.05, 0) is 44.9 Å². The summed E-state index contributed by atoms with van der Waals surface area (Å²) in [7, 11) is 0. The van der Waals surface area contributed by atoms with Crippen LogP contribution < -0.4 is 0 Å². The second kappa shape index (κ2) is 51.5. The van der Waals surface area contributed by atoms with Gasteiger partial charge in [-0.25, -0.2) is 0 Å². The molecule has 1 atom stereocenters. The molecule has 0 rings (SSSR count). The Morgan fingerprint density at radius 2 is 0.613 bits per heavy atom. The van der Waals surface area contributed by atoms with E-state index < -0.39 is 6.10 Å². The summed E-state index contributed by atoms with van der Waals surface area (Å²) in [5.74, 6) is -0.872. The van der Waals surface area contributed by atoms with Crippen molar-refractivity contribution in [3.63, 3.8) is 0 Å². The molecule has 0 bridgehead atoms. The van der Waals surface area contributed by atoms with Crippen molar-refractivity contribution in [3.8, 4) is 0 Å². The van der Waals surface area contributed by atoms with Crippen LogP contribution in [0.5, 0.6) is 0 Å². The Balaban J connectivity index is 4.22. The van der Waals surface area contributed by atoms with Gasteiger partial charge in [0.25, 0.3) is 0 Å². The summed E-state index contributed by atoms with van der Waals surface area (Å²) in [5, 5.41) is 0. The zero-order chi connectivity index (χ0) is 45.1. The highest BCUT2D eigenvalue weighted by Crippen LogP contribution is 2.17. The maximum absolute atomic E-state index is 12.8. The predicted octanol–water partition coefficient (Wildman–Crippen LogP) is 17.9. The minimum Gasteiger partial charge on any atom is -0.462 e. The molecule has 1 unspecified atom stereocenters. The molecule has 0 N–H and O–H groups in total. The van der Waals surface area contributed by atoms with E-state index in [0.717, 1.165) is 89.9 Å². The van der Waals surface area contributed by atoms with Crippen LogP contribution in [-0.2, 0) is 28.6 Å². The van der Waals surface area contributed by atoms with Crippen LogP contribution in [0.1, 0.15) is 297 Å². The minimum absolute atomic E-state index is 0.0721. The second-order valence-corrected chi connectivity index (χ2v) is 18.5. The highest BCUT2D eigenvalue weighted by Gasteiger charge is 2.19. The Hall–Kier alpha value is -2.11. The highest BCUT2D eigenvalue weighted by molar-refractivity contribution is 5.71. The number of hydrogen-bond acceptors (Lipinski definition) is 6. The van der Waals surface area contributed by atoms with Crippen LogP contribution in [0.3, 0.4) is 0 Å². The number of carbonyl (C=O) groups is 3. The van der Waals surface area contributed by atoms with Crippen LogP contribution in [0.4, 0.5) is 0 Å². The van der Waals surface area contributed by atoms with Gasteiger partial charge in [-0.3, -0.25) is 14.4 Å². The van der Waals surface area contributed by atoms with E-state index in [9.17, 15) is 14.4 Å². The van der Waals surface area contributed by atoms with E-state index in [1.807, 2.05) is 0 Å². The van der Waals surface area contributed by atoms with Crippen molar-refractivity contribution < 1.29 is 28.6 Å². The Morgan fingerprint density at radius 1 is 0.323 bits per heavy atom. The average molecular weight is 873 g/mol. The largest absolute Gasteiger partial charge is 0.462 e. The van der Waals surface area contributed by atoms with E-state index in [4.69, 9.17) is 14.2 Å². The number of rotatable bonds is 50. The molecule has 0 heterocycles. The van der Waals surface area contributed by atoms with E-state index in [1.54, 1.807) is 0 Å². The third-order valence-electron chi connectivity index (χ3n) is 12.2. The number of carbonyl (C=O) groups excluding carboxylic acids is 3. The van der Waals surface area contributed by atoms with Gasteiger partial charge in [0.2, 0.25) is 0 Å². The number of esters is 3. The lowest BCUT2D eigenvalue weighted by Crippen LogP contribution is -2.30. The van der Waals surface area contributed by atoms with E-state index in [2.05, 4.69) is 45.1 Å². The first-order chi connectivity index (χ1) is 30.5. The Morgan fingerprint density at radius 3 is 0.952 bits per heavy atom. The molecule has 62 heavy (non-hydrogen) atoms. The molecule has 0 amide bonds. The molecule has 0 spiro atoms. The standard InChI is InChI=1S/C56H104O6/c1-4-7-10-13-16-19-22-24-25-26-27-28-29-30-31-33-34-37-40-43-46-49-55(58)61-52-53(51-60-54(57)48-45-42-39-36-21-18-15-12-9-6-3)62-56(59)50-47-44-41-38-35-32-23-20-17-14-11-8-5-2/h11,14,20,23,53H,4-10,12-13,15-19,21-22,24-52H2,1-3H3/b14-11-,23-20-. The fourth-order valence-electron chi connectivity index (χ4n) is 8.07. The quantitative estimate of drug-likeness (QED) is 0.0262. The number of hydrogen-bond donors (Lipinski definition) is 0. The summed E-state index contributed by atoms with van der Waals surface area (Å²) in [6.07, 6.45) is 58.9. The molecule has 0 aromatic carbocycles. The van der Waals surface area contributed by atoms with E-state index >= 15 is 0 Å². The van der Waals surface area contributed by atoms with Crippen molar-refractivity contribution in [1.29, 1.82) is 0 Å². The molecular formula is C56H104O6. The summed E-state index contributed by atoms with van der Waals surface area (Å²) in [6, 6.07) is 0. The molecule has 0 fully saturated rings. The zero-order valence-electron chi connectivity index (χ0n) is 41.7. The van der Waals surface area contributed by atoms with Gasteiger partial charge in [-0.15, -0.1) is 0 Å². The number of ether oxygens (including phenoxy) is 3. The molecule has 0 saturated carbocycles. The van der Waals surface area contributed by atoms with Crippen molar-refractivity contribution in [2.24, 2.45) is 0 Å². The number of unbranched alkanes of at least 4 members (excludes halogenated alkanes) is 35. The van der Waals surface area contributed by atoms with Crippen LogP contribution in [0.15, 0.2) is 24.3 Å². The van der Waals surface area contributed by atoms with Gasteiger partial charge >= 0.3 is 17.9 Å². The smallest absolute Gasteiger partial charge is 0.306 e. The molecule has 0 aromatic heterocycles. The van der Waals surface area contributed by atoms with Gasteiger partial charge in [0.15, 0.2) is 6.10 Å². The lowest BCUT2D eigenvalue weighted by Gasteiger charge is -2.18. The van der Waals surface area contributed by atoms with Crippen LogP contribution in [0, 0.1) is 0 Å². The van der Waals surface area contributed by atoms with Crippen molar-refractivity contribution in [2.45, 2.75) is 303 Å². The summed E-state index contributed by atoms with van der Waals surface area (Å²) in [6.45, 7) is 6.59. The van der Waals surface area contributed by atoms with Crippen LogP contribution >= 0.6 is 0 Å². The molecule has 0 aliphatic rings. The summed E-state index contributed by atoms with van der Waals surface area (Å²) >= 11 is 0. The summed E-state index contributed by atoms with van der Waals surface area (Å²) < 4.78 is 16.8. The second-order valence-electron chi connectivity index (χ2n) is 18.5. The fourth-order valence-corrected chi connectivity index (χ4v) is 8.07. The lowest BCUT2D eigenvalue weighted by molar-refractivity contribution is -0.167. The third-order valence-corrected chi connectivity index (χ3v) is 12.2.